The highest BCUT2D eigenvalue weighted by Gasteiger charge is 2.02. The lowest BCUT2D eigenvalue weighted by Crippen LogP contribution is -2.02. The molecule has 1 atom stereocenters. The van der Waals surface area contributed by atoms with Crippen LogP contribution in [-0.4, -0.2) is 0 Å². The Morgan fingerprint density at radius 2 is 2.20 bits per heavy atom. The predicted molar refractivity (Wildman–Crippen MR) is 46.3 cm³/mol. The van der Waals surface area contributed by atoms with Crippen molar-refractivity contribution in [2.75, 3.05) is 0 Å². The monoisotopic (exact) mass is 225 g/mol. The van der Waals surface area contributed by atoms with E-state index in [2.05, 4.69) is 15.9 Å². The van der Waals surface area contributed by atoms with E-state index >= 15 is 0 Å². The molecule has 0 amide bonds. The molecule has 1 aromatic heterocycles. The van der Waals surface area contributed by atoms with Crippen molar-refractivity contribution in [2.24, 2.45) is 5.73 Å². The van der Waals surface area contributed by atoms with Gasteiger partial charge in [-0.15, -0.1) is 12.4 Å². The maximum Gasteiger partial charge on any atom is 0.169 e. The summed E-state index contributed by atoms with van der Waals surface area (Å²) in [6.07, 6.45) is 0. The van der Waals surface area contributed by atoms with Crippen LogP contribution in [0, 0.1) is 0 Å². The normalized spacial score (nSPS) is 12.3. The summed E-state index contributed by atoms with van der Waals surface area (Å²) in [6.45, 7) is 1.88. The van der Waals surface area contributed by atoms with Crippen LogP contribution in [0.2, 0.25) is 0 Å². The van der Waals surface area contributed by atoms with Gasteiger partial charge < -0.3 is 10.2 Å². The minimum absolute atomic E-state index is 0. The molecule has 0 fully saturated rings. The highest BCUT2D eigenvalue weighted by molar-refractivity contribution is 9.10. The number of nitrogens with two attached hydrogens (primary N) is 1. The highest BCUT2D eigenvalue weighted by atomic mass is 79.9. The van der Waals surface area contributed by atoms with Crippen molar-refractivity contribution in [3.05, 3.63) is 22.6 Å². The molecule has 1 rings (SSSR count). The van der Waals surface area contributed by atoms with E-state index < -0.39 is 0 Å². The first-order chi connectivity index (χ1) is 4.20. The lowest BCUT2D eigenvalue weighted by molar-refractivity contribution is 0.461. The molecule has 0 bridgehead atoms. The molecular weight excluding hydrogens is 217 g/mol. The van der Waals surface area contributed by atoms with Gasteiger partial charge in [0.1, 0.15) is 5.76 Å². The summed E-state index contributed by atoms with van der Waals surface area (Å²) in [4.78, 5) is 0. The lowest BCUT2D eigenvalue weighted by Gasteiger charge is -1.96. The smallest absolute Gasteiger partial charge is 0.169 e. The van der Waals surface area contributed by atoms with E-state index in [1.165, 1.54) is 0 Å². The first-order valence-corrected chi connectivity index (χ1v) is 3.50. The molecule has 1 aromatic rings. The fourth-order valence-corrected chi connectivity index (χ4v) is 0.892. The van der Waals surface area contributed by atoms with Crippen LogP contribution in [0.5, 0.6) is 0 Å². The van der Waals surface area contributed by atoms with Crippen molar-refractivity contribution < 1.29 is 4.42 Å². The van der Waals surface area contributed by atoms with Gasteiger partial charge in [-0.3, -0.25) is 0 Å². The van der Waals surface area contributed by atoms with Crippen LogP contribution in [0.3, 0.4) is 0 Å². The first-order valence-electron chi connectivity index (χ1n) is 2.71. The molecule has 2 N–H and O–H groups in total. The second kappa shape index (κ2) is 4.01. The minimum Gasteiger partial charge on any atom is -0.453 e. The van der Waals surface area contributed by atoms with Crippen LogP contribution in [-0.2, 0) is 0 Å². The summed E-state index contributed by atoms with van der Waals surface area (Å²) in [5.41, 5.74) is 5.51. The van der Waals surface area contributed by atoms with Gasteiger partial charge in [0.05, 0.1) is 6.04 Å². The van der Waals surface area contributed by atoms with E-state index in [-0.39, 0.29) is 18.4 Å². The SMILES string of the molecule is C[C@@H](N)c1ccc(Br)o1.Cl. The van der Waals surface area contributed by atoms with Gasteiger partial charge in [0.15, 0.2) is 4.67 Å². The number of hydrogen-bond donors (Lipinski definition) is 1. The van der Waals surface area contributed by atoms with E-state index in [1.54, 1.807) is 0 Å². The summed E-state index contributed by atoms with van der Waals surface area (Å²) in [7, 11) is 0. The average molecular weight is 227 g/mol. The Balaban J connectivity index is 0.000000810. The topological polar surface area (TPSA) is 39.2 Å². The third kappa shape index (κ3) is 2.33. The summed E-state index contributed by atoms with van der Waals surface area (Å²) in [5, 5.41) is 0. The molecule has 0 radical (unpaired) electrons. The Kier molecular flexibility index (Phi) is 4.01. The molecule has 0 aliphatic carbocycles. The van der Waals surface area contributed by atoms with E-state index in [0.29, 0.717) is 0 Å². The molecule has 0 unspecified atom stereocenters. The molecule has 10 heavy (non-hydrogen) atoms. The Labute approximate surface area is 74.3 Å². The van der Waals surface area contributed by atoms with Gasteiger partial charge in [-0.05, 0) is 35.0 Å². The molecule has 2 nitrogen and oxygen atoms in total. The summed E-state index contributed by atoms with van der Waals surface area (Å²) in [5.74, 6) is 0.807. The lowest BCUT2D eigenvalue weighted by atomic mass is 10.3. The predicted octanol–water partition coefficient (Wildman–Crippen LogP) is 2.48. The van der Waals surface area contributed by atoms with Gasteiger partial charge in [-0.2, -0.15) is 0 Å². The van der Waals surface area contributed by atoms with Crippen molar-refractivity contribution in [1.82, 2.24) is 0 Å². The molecule has 0 aromatic carbocycles. The number of furan rings is 1. The van der Waals surface area contributed by atoms with Crippen LogP contribution in [0.15, 0.2) is 21.2 Å². The van der Waals surface area contributed by atoms with Gasteiger partial charge in [0.25, 0.3) is 0 Å². The molecule has 4 heteroatoms. The van der Waals surface area contributed by atoms with Crippen LogP contribution in [0.25, 0.3) is 0 Å². The zero-order valence-electron chi connectivity index (χ0n) is 5.50. The molecule has 1 heterocycles. The van der Waals surface area contributed by atoms with Gasteiger partial charge in [0, 0.05) is 0 Å². The third-order valence-electron chi connectivity index (χ3n) is 1.04. The highest BCUT2D eigenvalue weighted by Crippen LogP contribution is 2.17. The van der Waals surface area contributed by atoms with Gasteiger partial charge in [0.2, 0.25) is 0 Å². The van der Waals surface area contributed by atoms with Crippen LogP contribution in [0.1, 0.15) is 18.7 Å². The van der Waals surface area contributed by atoms with Crippen molar-refractivity contribution in [3.8, 4) is 0 Å². The molecule has 0 saturated carbocycles. The van der Waals surface area contributed by atoms with E-state index in [9.17, 15) is 0 Å². The first kappa shape index (κ1) is 10.0. The largest absolute Gasteiger partial charge is 0.453 e. The van der Waals surface area contributed by atoms with Gasteiger partial charge in [-0.1, -0.05) is 0 Å². The molecule has 0 saturated heterocycles. The maximum atomic E-state index is 5.51. The Morgan fingerprint density at radius 1 is 1.60 bits per heavy atom. The van der Waals surface area contributed by atoms with E-state index in [1.807, 2.05) is 19.1 Å². The quantitative estimate of drug-likeness (QED) is 0.799. The number of hydrogen-bond acceptors (Lipinski definition) is 2. The van der Waals surface area contributed by atoms with Crippen molar-refractivity contribution >= 4 is 28.3 Å². The van der Waals surface area contributed by atoms with Gasteiger partial charge in [-0.25, -0.2) is 0 Å². The number of halogens is 2. The standard InChI is InChI=1S/C6H8BrNO.ClH/c1-4(8)5-2-3-6(7)9-5;/h2-4H,8H2,1H3;1H/t4-;/m1./s1. The summed E-state index contributed by atoms with van der Waals surface area (Å²) in [6, 6.07) is 3.67. The van der Waals surface area contributed by atoms with Crippen molar-refractivity contribution in [2.45, 2.75) is 13.0 Å². The Morgan fingerprint density at radius 3 is 2.40 bits per heavy atom. The average Bonchev–Trinajstić information content (AvgIpc) is 2.14. The fraction of sp³-hybridized carbons (Fsp3) is 0.333. The fourth-order valence-electron chi connectivity index (χ4n) is 0.573. The zero-order valence-corrected chi connectivity index (χ0v) is 7.91. The van der Waals surface area contributed by atoms with Crippen molar-refractivity contribution in [3.63, 3.8) is 0 Å². The zero-order chi connectivity index (χ0) is 6.85. The molecular formula is C6H9BrClNO. The second-order valence-electron chi connectivity index (χ2n) is 1.93. The second-order valence-corrected chi connectivity index (χ2v) is 2.71. The third-order valence-corrected chi connectivity index (χ3v) is 1.47. The maximum absolute atomic E-state index is 5.51. The summed E-state index contributed by atoms with van der Waals surface area (Å²) >= 11 is 3.18. The van der Waals surface area contributed by atoms with Crippen LogP contribution < -0.4 is 5.73 Å². The number of rotatable bonds is 1. The minimum atomic E-state index is -0.0173. The Bertz CT molecular complexity index is 199. The van der Waals surface area contributed by atoms with E-state index in [0.717, 1.165) is 10.4 Å². The molecule has 58 valence electrons. The molecule has 0 aliphatic heterocycles. The van der Waals surface area contributed by atoms with Crippen molar-refractivity contribution in [1.29, 1.82) is 0 Å². The summed E-state index contributed by atoms with van der Waals surface area (Å²) < 4.78 is 5.87. The molecule has 0 spiro atoms. The molecule has 0 aliphatic rings. The Hall–Kier alpha value is 0.01000. The van der Waals surface area contributed by atoms with E-state index in [4.69, 9.17) is 10.2 Å². The van der Waals surface area contributed by atoms with Crippen LogP contribution >= 0.6 is 28.3 Å². The van der Waals surface area contributed by atoms with Gasteiger partial charge >= 0.3 is 0 Å². The van der Waals surface area contributed by atoms with Crippen LogP contribution in [0.4, 0.5) is 0 Å².